The lowest BCUT2D eigenvalue weighted by Gasteiger charge is -2.20. The number of halogens is 3. The van der Waals surface area contributed by atoms with Crippen molar-refractivity contribution in [3.8, 4) is 0 Å². The molecular formula is C13H20Cl2FNO. The van der Waals surface area contributed by atoms with Crippen molar-refractivity contribution in [3.63, 3.8) is 0 Å². The summed E-state index contributed by atoms with van der Waals surface area (Å²) in [5.41, 5.74) is 6.46. The van der Waals surface area contributed by atoms with Crippen LogP contribution in [0.3, 0.4) is 0 Å². The van der Waals surface area contributed by atoms with Gasteiger partial charge in [0.25, 0.3) is 0 Å². The third-order valence-electron chi connectivity index (χ3n) is 2.78. The first kappa shape index (κ1) is 17.6. The second-order valence-corrected chi connectivity index (χ2v) is 5.15. The van der Waals surface area contributed by atoms with E-state index in [9.17, 15) is 9.50 Å². The van der Waals surface area contributed by atoms with Gasteiger partial charge in [-0.3, -0.25) is 0 Å². The maximum Gasteiger partial charge on any atom is 0.142 e. The monoisotopic (exact) mass is 295 g/mol. The van der Waals surface area contributed by atoms with Crippen molar-refractivity contribution < 1.29 is 9.50 Å². The molecule has 0 aliphatic heterocycles. The maximum atomic E-state index is 13.2. The van der Waals surface area contributed by atoms with Crippen molar-refractivity contribution in [2.75, 3.05) is 0 Å². The number of hydrogen-bond donors (Lipinski definition) is 2. The molecule has 0 spiro atoms. The standard InChI is InChI=1S/C13H19ClFNO.ClH/c1-8(2)3-6-12(17)13(16)9-4-5-10(14)11(15)7-9;/h4-5,7-8,12-13,17H,3,6,16H2,1-2H3;1H/t12-,13+;/m0./s1. The molecule has 0 aliphatic rings. The Labute approximate surface area is 119 Å². The van der Waals surface area contributed by atoms with Crippen LogP contribution in [0.15, 0.2) is 18.2 Å². The lowest BCUT2D eigenvalue weighted by molar-refractivity contribution is 0.128. The molecule has 0 radical (unpaired) electrons. The molecular weight excluding hydrogens is 276 g/mol. The van der Waals surface area contributed by atoms with E-state index in [2.05, 4.69) is 13.8 Å². The molecule has 104 valence electrons. The van der Waals surface area contributed by atoms with Crippen molar-refractivity contribution >= 4 is 24.0 Å². The van der Waals surface area contributed by atoms with Gasteiger partial charge in [0.05, 0.1) is 17.2 Å². The van der Waals surface area contributed by atoms with Gasteiger partial charge in [0.1, 0.15) is 5.82 Å². The van der Waals surface area contributed by atoms with Gasteiger partial charge in [-0.1, -0.05) is 31.5 Å². The number of aliphatic hydroxyl groups excluding tert-OH is 1. The first-order valence-corrected chi connectivity index (χ1v) is 6.18. The van der Waals surface area contributed by atoms with Crippen molar-refractivity contribution in [2.45, 2.75) is 38.8 Å². The van der Waals surface area contributed by atoms with Gasteiger partial charge < -0.3 is 10.8 Å². The first-order valence-electron chi connectivity index (χ1n) is 5.80. The summed E-state index contributed by atoms with van der Waals surface area (Å²) in [6.07, 6.45) is 0.853. The summed E-state index contributed by atoms with van der Waals surface area (Å²) in [5, 5.41) is 9.97. The Kier molecular flexibility index (Phi) is 7.79. The Balaban J connectivity index is 0.00000289. The molecule has 0 aliphatic carbocycles. The second-order valence-electron chi connectivity index (χ2n) is 4.74. The fourth-order valence-electron chi connectivity index (χ4n) is 1.63. The van der Waals surface area contributed by atoms with E-state index < -0.39 is 18.0 Å². The minimum absolute atomic E-state index is 0. The molecule has 0 aromatic heterocycles. The molecule has 5 heteroatoms. The molecule has 1 aromatic carbocycles. The van der Waals surface area contributed by atoms with Gasteiger partial charge in [-0.2, -0.15) is 0 Å². The third-order valence-corrected chi connectivity index (χ3v) is 3.09. The van der Waals surface area contributed by atoms with Gasteiger partial charge in [0.15, 0.2) is 0 Å². The number of aliphatic hydroxyl groups is 1. The molecule has 0 unspecified atom stereocenters. The van der Waals surface area contributed by atoms with E-state index in [0.717, 1.165) is 6.42 Å². The highest BCUT2D eigenvalue weighted by atomic mass is 35.5. The van der Waals surface area contributed by atoms with Gasteiger partial charge in [0.2, 0.25) is 0 Å². The summed E-state index contributed by atoms with van der Waals surface area (Å²) in [7, 11) is 0. The number of nitrogens with two attached hydrogens (primary N) is 1. The molecule has 18 heavy (non-hydrogen) atoms. The van der Waals surface area contributed by atoms with Crippen LogP contribution in [0.4, 0.5) is 4.39 Å². The summed E-state index contributed by atoms with van der Waals surface area (Å²) >= 11 is 5.59. The molecule has 3 N–H and O–H groups in total. The van der Waals surface area contributed by atoms with E-state index in [1.807, 2.05) is 0 Å². The van der Waals surface area contributed by atoms with E-state index in [-0.39, 0.29) is 17.4 Å². The van der Waals surface area contributed by atoms with Crippen LogP contribution in [-0.4, -0.2) is 11.2 Å². The Morgan fingerprint density at radius 1 is 1.33 bits per heavy atom. The van der Waals surface area contributed by atoms with Crippen LogP contribution < -0.4 is 5.73 Å². The summed E-state index contributed by atoms with van der Waals surface area (Å²) < 4.78 is 13.2. The largest absolute Gasteiger partial charge is 0.391 e. The third kappa shape index (κ3) is 5.11. The Bertz CT molecular complexity index is 374. The van der Waals surface area contributed by atoms with E-state index in [1.54, 1.807) is 6.07 Å². The SMILES string of the molecule is CC(C)CC[C@H](O)[C@H](N)c1ccc(Cl)c(F)c1.Cl. The van der Waals surface area contributed by atoms with Crippen molar-refractivity contribution in [1.29, 1.82) is 0 Å². The zero-order chi connectivity index (χ0) is 13.0. The first-order chi connectivity index (χ1) is 7.91. The summed E-state index contributed by atoms with van der Waals surface area (Å²) in [4.78, 5) is 0. The summed E-state index contributed by atoms with van der Waals surface area (Å²) in [6, 6.07) is 3.82. The van der Waals surface area contributed by atoms with Crippen LogP contribution in [0.5, 0.6) is 0 Å². The molecule has 0 saturated carbocycles. The van der Waals surface area contributed by atoms with Gasteiger partial charge in [0, 0.05) is 0 Å². The van der Waals surface area contributed by atoms with Crippen LogP contribution in [0.2, 0.25) is 5.02 Å². The normalized spacial score (nSPS) is 14.2. The van der Waals surface area contributed by atoms with Crippen molar-refractivity contribution in [2.24, 2.45) is 11.7 Å². The predicted molar refractivity (Wildman–Crippen MR) is 75.7 cm³/mol. The summed E-state index contributed by atoms with van der Waals surface area (Å²) in [5.74, 6) is 0.00878. The highest BCUT2D eigenvalue weighted by Crippen LogP contribution is 2.23. The van der Waals surface area contributed by atoms with Gasteiger partial charge in [-0.05, 0) is 36.5 Å². The Morgan fingerprint density at radius 2 is 1.94 bits per heavy atom. The summed E-state index contributed by atoms with van der Waals surface area (Å²) in [6.45, 7) is 4.17. The van der Waals surface area contributed by atoms with Gasteiger partial charge in [-0.15, -0.1) is 12.4 Å². The lowest BCUT2D eigenvalue weighted by Crippen LogP contribution is -2.26. The minimum atomic E-state index is -0.655. The van der Waals surface area contributed by atoms with Crippen molar-refractivity contribution in [1.82, 2.24) is 0 Å². The van der Waals surface area contributed by atoms with E-state index in [1.165, 1.54) is 12.1 Å². The lowest BCUT2D eigenvalue weighted by atomic mass is 9.96. The molecule has 2 nitrogen and oxygen atoms in total. The molecule has 0 bridgehead atoms. The average Bonchev–Trinajstić information content (AvgIpc) is 2.28. The van der Waals surface area contributed by atoms with E-state index >= 15 is 0 Å². The fourth-order valence-corrected chi connectivity index (χ4v) is 1.74. The zero-order valence-corrected chi connectivity index (χ0v) is 12.1. The van der Waals surface area contributed by atoms with Crippen LogP contribution in [-0.2, 0) is 0 Å². The minimum Gasteiger partial charge on any atom is -0.391 e. The van der Waals surface area contributed by atoms with E-state index in [0.29, 0.717) is 17.9 Å². The fraction of sp³-hybridized carbons (Fsp3) is 0.538. The van der Waals surface area contributed by atoms with Crippen LogP contribution >= 0.6 is 24.0 Å². The highest BCUT2D eigenvalue weighted by molar-refractivity contribution is 6.30. The molecule has 2 atom stereocenters. The molecule has 0 fully saturated rings. The van der Waals surface area contributed by atoms with Gasteiger partial charge >= 0.3 is 0 Å². The quantitative estimate of drug-likeness (QED) is 0.870. The highest BCUT2D eigenvalue weighted by Gasteiger charge is 2.18. The maximum absolute atomic E-state index is 13.2. The van der Waals surface area contributed by atoms with Crippen LogP contribution in [0.25, 0.3) is 0 Å². The van der Waals surface area contributed by atoms with Crippen LogP contribution in [0.1, 0.15) is 38.3 Å². The number of rotatable bonds is 5. The molecule has 0 saturated heterocycles. The van der Waals surface area contributed by atoms with Crippen LogP contribution in [0, 0.1) is 11.7 Å². The topological polar surface area (TPSA) is 46.2 Å². The Hall–Kier alpha value is -0.350. The molecule has 0 amide bonds. The predicted octanol–water partition coefficient (Wildman–Crippen LogP) is 3.70. The molecule has 0 heterocycles. The second kappa shape index (κ2) is 7.95. The average molecular weight is 296 g/mol. The molecule has 1 aromatic rings. The zero-order valence-electron chi connectivity index (χ0n) is 10.6. The van der Waals surface area contributed by atoms with Gasteiger partial charge in [-0.25, -0.2) is 4.39 Å². The Morgan fingerprint density at radius 3 is 2.44 bits per heavy atom. The van der Waals surface area contributed by atoms with E-state index in [4.69, 9.17) is 17.3 Å². The number of benzene rings is 1. The molecule has 1 rings (SSSR count). The number of hydrogen-bond acceptors (Lipinski definition) is 2. The van der Waals surface area contributed by atoms with Crippen molar-refractivity contribution in [3.05, 3.63) is 34.6 Å². The smallest absolute Gasteiger partial charge is 0.142 e.